The maximum Gasteiger partial charge on any atom is 0.249 e. The molecule has 42 heavy (non-hydrogen) atoms. The third-order valence-corrected chi connectivity index (χ3v) is 8.29. The van der Waals surface area contributed by atoms with Gasteiger partial charge in [0.2, 0.25) is 5.91 Å². The van der Waals surface area contributed by atoms with Gasteiger partial charge < -0.3 is 20.6 Å². The van der Waals surface area contributed by atoms with Crippen molar-refractivity contribution < 1.29 is 20.1 Å². The highest BCUT2D eigenvalue weighted by Gasteiger charge is 2.22. The van der Waals surface area contributed by atoms with Crippen LogP contribution in [0.3, 0.4) is 0 Å². The summed E-state index contributed by atoms with van der Waals surface area (Å²) < 4.78 is 0. The van der Waals surface area contributed by atoms with Crippen LogP contribution in [0, 0.1) is 0 Å². The SMILES string of the molecule is CCCCCCCCCC=CCCC=CC(O)C(CO)NC(=O)C(O)CCCCCCCCCCCCCCCCC. The van der Waals surface area contributed by atoms with Crippen molar-refractivity contribution in [1.29, 1.82) is 0 Å². The van der Waals surface area contributed by atoms with E-state index >= 15 is 0 Å². The molecule has 0 aliphatic carbocycles. The van der Waals surface area contributed by atoms with E-state index in [2.05, 4.69) is 31.3 Å². The van der Waals surface area contributed by atoms with Gasteiger partial charge in [0.25, 0.3) is 0 Å². The Morgan fingerprint density at radius 1 is 0.571 bits per heavy atom. The summed E-state index contributed by atoms with van der Waals surface area (Å²) in [6.07, 6.45) is 37.6. The number of nitrogens with one attached hydrogen (secondary N) is 1. The summed E-state index contributed by atoms with van der Waals surface area (Å²) in [4.78, 5) is 12.4. The molecule has 0 saturated heterocycles. The molecule has 0 aromatic heterocycles. The second kappa shape index (κ2) is 32.7. The molecule has 3 atom stereocenters. The van der Waals surface area contributed by atoms with Gasteiger partial charge in [0.1, 0.15) is 6.10 Å². The molecule has 0 saturated carbocycles. The van der Waals surface area contributed by atoms with E-state index in [1.165, 1.54) is 122 Å². The summed E-state index contributed by atoms with van der Waals surface area (Å²) in [7, 11) is 0. The van der Waals surface area contributed by atoms with E-state index in [4.69, 9.17) is 0 Å². The van der Waals surface area contributed by atoms with E-state index in [1.54, 1.807) is 6.08 Å². The summed E-state index contributed by atoms with van der Waals surface area (Å²) >= 11 is 0. The molecule has 0 fully saturated rings. The second-order valence-electron chi connectivity index (χ2n) is 12.4. The predicted molar refractivity (Wildman–Crippen MR) is 181 cm³/mol. The smallest absolute Gasteiger partial charge is 0.249 e. The number of hydrogen-bond acceptors (Lipinski definition) is 4. The number of carbonyl (C=O) groups is 1. The Labute approximate surface area is 261 Å². The lowest BCUT2D eigenvalue weighted by molar-refractivity contribution is -0.131. The minimum atomic E-state index is -1.10. The summed E-state index contributed by atoms with van der Waals surface area (Å²) in [6, 6.07) is -0.808. The largest absolute Gasteiger partial charge is 0.394 e. The van der Waals surface area contributed by atoms with Gasteiger partial charge in [-0.3, -0.25) is 4.79 Å². The minimum absolute atomic E-state index is 0.374. The number of unbranched alkanes of at least 4 members (excludes halogenated alkanes) is 22. The van der Waals surface area contributed by atoms with E-state index in [1.807, 2.05) is 6.08 Å². The number of aliphatic hydroxyl groups excluding tert-OH is 3. The first kappa shape index (κ1) is 40.8. The molecule has 1 amide bonds. The van der Waals surface area contributed by atoms with Gasteiger partial charge in [-0.15, -0.1) is 0 Å². The van der Waals surface area contributed by atoms with Crippen molar-refractivity contribution in [1.82, 2.24) is 5.32 Å². The van der Waals surface area contributed by atoms with Crippen LogP contribution in [0.25, 0.3) is 0 Å². The Kier molecular flexibility index (Phi) is 31.8. The van der Waals surface area contributed by atoms with Crippen molar-refractivity contribution in [2.24, 2.45) is 0 Å². The number of rotatable bonds is 32. The van der Waals surface area contributed by atoms with Crippen molar-refractivity contribution in [2.45, 2.75) is 199 Å². The summed E-state index contributed by atoms with van der Waals surface area (Å²) in [5.74, 6) is -0.514. The highest BCUT2D eigenvalue weighted by atomic mass is 16.3. The lowest BCUT2D eigenvalue weighted by Gasteiger charge is -2.21. The van der Waals surface area contributed by atoms with E-state index in [9.17, 15) is 20.1 Å². The molecule has 0 rings (SSSR count). The fourth-order valence-electron chi connectivity index (χ4n) is 5.38. The number of carbonyl (C=O) groups excluding carboxylic acids is 1. The highest BCUT2D eigenvalue weighted by Crippen LogP contribution is 2.14. The van der Waals surface area contributed by atoms with Crippen LogP contribution in [-0.4, -0.2) is 46.1 Å². The average molecular weight is 594 g/mol. The van der Waals surface area contributed by atoms with E-state index < -0.39 is 24.2 Å². The molecular weight excluding hydrogens is 522 g/mol. The summed E-state index contributed by atoms with van der Waals surface area (Å²) in [5.41, 5.74) is 0. The van der Waals surface area contributed by atoms with Crippen LogP contribution in [0.5, 0.6) is 0 Å². The second-order valence-corrected chi connectivity index (χ2v) is 12.4. The minimum Gasteiger partial charge on any atom is -0.394 e. The van der Waals surface area contributed by atoms with Crippen LogP contribution in [0.1, 0.15) is 181 Å². The highest BCUT2D eigenvalue weighted by molar-refractivity contribution is 5.80. The quantitative estimate of drug-likeness (QED) is 0.0462. The summed E-state index contributed by atoms with van der Waals surface area (Å²) in [6.45, 7) is 4.14. The lowest BCUT2D eigenvalue weighted by atomic mass is 10.0. The maximum absolute atomic E-state index is 12.4. The normalized spacial score (nSPS) is 14.1. The van der Waals surface area contributed by atoms with E-state index in [0.29, 0.717) is 6.42 Å². The Hall–Kier alpha value is -1.17. The molecule has 4 N–H and O–H groups in total. The fraction of sp³-hybridized carbons (Fsp3) is 0.865. The first-order valence-corrected chi connectivity index (χ1v) is 18.2. The van der Waals surface area contributed by atoms with Crippen LogP contribution in [-0.2, 0) is 4.79 Å². The van der Waals surface area contributed by atoms with Gasteiger partial charge in [0.05, 0.1) is 18.8 Å². The average Bonchev–Trinajstić information content (AvgIpc) is 2.99. The number of aliphatic hydroxyl groups is 3. The first-order chi connectivity index (χ1) is 20.6. The van der Waals surface area contributed by atoms with Crippen LogP contribution in [0.15, 0.2) is 24.3 Å². The molecule has 0 heterocycles. The molecular formula is C37H71NO4. The van der Waals surface area contributed by atoms with Crippen molar-refractivity contribution in [3.05, 3.63) is 24.3 Å². The molecule has 248 valence electrons. The zero-order valence-corrected chi connectivity index (χ0v) is 27.9. The Morgan fingerprint density at radius 2 is 0.976 bits per heavy atom. The zero-order chi connectivity index (χ0) is 30.9. The number of amides is 1. The monoisotopic (exact) mass is 594 g/mol. The maximum atomic E-state index is 12.4. The molecule has 5 nitrogen and oxygen atoms in total. The van der Waals surface area contributed by atoms with Gasteiger partial charge in [0.15, 0.2) is 0 Å². The van der Waals surface area contributed by atoms with E-state index in [0.717, 1.165) is 38.5 Å². The number of hydrogen-bond donors (Lipinski definition) is 4. The van der Waals surface area contributed by atoms with Crippen LogP contribution >= 0.6 is 0 Å². The van der Waals surface area contributed by atoms with Gasteiger partial charge in [-0.1, -0.05) is 173 Å². The van der Waals surface area contributed by atoms with Crippen LogP contribution < -0.4 is 5.32 Å². The van der Waals surface area contributed by atoms with Gasteiger partial charge in [-0.25, -0.2) is 0 Å². The zero-order valence-electron chi connectivity index (χ0n) is 27.9. The first-order valence-electron chi connectivity index (χ1n) is 18.2. The van der Waals surface area contributed by atoms with Crippen LogP contribution in [0.2, 0.25) is 0 Å². The third kappa shape index (κ3) is 27.7. The Balaban J connectivity index is 3.78. The molecule has 0 spiro atoms. The number of allylic oxidation sites excluding steroid dienone is 3. The fourth-order valence-corrected chi connectivity index (χ4v) is 5.38. The third-order valence-electron chi connectivity index (χ3n) is 8.29. The van der Waals surface area contributed by atoms with Crippen molar-refractivity contribution in [3.8, 4) is 0 Å². The topological polar surface area (TPSA) is 89.8 Å². The Bertz CT molecular complexity index is 621. The standard InChI is InChI=1S/C37H71NO4/c1-3-5-7-9-11-13-15-17-18-20-22-24-26-28-30-32-36(41)37(42)38-34(33-39)35(40)31-29-27-25-23-21-19-16-14-12-10-8-6-4-2/h21,23,29,31,34-36,39-41H,3-20,22,24-28,30,32-33H2,1-2H3,(H,38,42). The van der Waals surface area contributed by atoms with E-state index in [-0.39, 0.29) is 6.61 Å². The lowest BCUT2D eigenvalue weighted by Crippen LogP contribution is -2.48. The summed E-state index contributed by atoms with van der Waals surface area (Å²) in [5, 5.41) is 32.9. The van der Waals surface area contributed by atoms with Crippen molar-refractivity contribution in [2.75, 3.05) is 6.61 Å². The van der Waals surface area contributed by atoms with Gasteiger partial charge >= 0.3 is 0 Å². The molecule has 0 bridgehead atoms. The molecule has 5 heteroatoms. The molecule has 0 aromatic rings. The van der Waals surface area contributed by atoms with Crippen LogP contribution in [0.4, 0.5) is 0 Å². The predicted octanol–water partition coefficient (Wildman–Crippen LogP) is 9.48. The van der Waals surface area contributed by atoms with Gasteiger partial charge in [0, 0.05) is 0 Å². The molecule has 0 aromatic carbocycles. The van der Waals surface area contributed by atoms with Crippen molar-refractivity contribution in [3.63, 3.8) is 0 Å². The molecule has 0 radical (unpaired) electrons. The molecule has 0 aliphatic rings. The Morgan fingerprint density at radius 3 is 1.45 bits per heavy atom. The molecule has 3 unspecified atom stereocenters. The molecule has 0 aliphatic heterocycles. The van der Waals surface area contributed by atoms with Crippen molar-refractivity contribution >= 4 is 5.91 Å². The van der Waals surface area contributed by atoms with Gasteiger partial charge in [-0.2, -0.15) is 0 Å². The van der Waals surface area contributed by atoms with Gasteiger partial charge in [-0.05, 0) is 32.1 Å².